The Hall–Kier alpha value is -1.29. The van der Waals surface area contributed by atoms with E-state index in [0.717, 1.165) is 5.56 Å². The summed E-state index contributed by atoms with van der Waals surface area (Å²) in [6.07, 6.45) is 0.554. The van der Waals surface area contributed by atoms with Gasteiger partial charge in [0, 0.05) is 13.6 Å². The lowest BCUT2D eigenvalue weighted by atomic mass is 10.1. The maximum atomic E-state index is 13.5. The van der Waals surface area contributed by atoms with Crippen LogP contribution in [0.15, 0.2) is 18.2 Å². The Balaban J connectivity index is 2.61. The number of amides is 1. The van der Waals surface area contributed by atoms with Crippen molar-refractivity contribution < 1.29 is 13.9 Å². The highest BCUT2D eigenvalue weighted by molar-refractivity contribution is 6.62. The monoisotopic (exact) mass is 259 g/mol. The number of hydrogen-bond donors (Lipinski definition) is 0. The fourth-order valence-electron chi connectivity index (χ4n) is 1.36. The summed E-state index contributed by atoms with van der Waals surface area (Å²) in [4.78, 5) is 12.1. The molecule has 0 aliphatic rings. The third-order valence-corrected chi connectivity index (χ3v) is 2.62. The van der Waals surface area contributed by atoms with Gasteiger partial charge < -0.3 is 9.64 Å². The van der Waals surface area contributed by atoms with Crippen LogP contribution in [0.3, 0.4) is 0 Å². The molecule has 1 rings (SSSR count). The van der Waals surface area contributed by atoms with Crippen molar-refractivity contribution in [3.63, 3.8) is 0 Å². The lowest BCUT2D eigenvalue weighted by Gasteiger charge is -2.13. The molecule has 0 radical (unpaired) electrons. The van der Waals surface area contributed by atoms with Crippen molar-refractivity contribution in [3.8, 4) is 5.75 Å². The average Bonchev–Trinajstić information content (AvgIpc) is 2.29. The van der Waals surface area contributed by atoms with Gasteiger partial charge in [-0.25, -0.2) is 4.39 Å². The zero-order valence-corrected chi connectivity index (χ0v) is 10.6. The van der Waals surface area contributed by atoms with E-state index in [1.807, 2.05) is 0 Å². The number of carbonyl (C=O) groups is 1. The van der Waals surface area contributed by atoms with E-state index in [-0.39, 0.29) is 11.6 Å². The normalized spacial score (nSPS) is 10.1. The Kier molecular flexibility index (Phi) is 5.22. The van der Waals surface area contributed by atoms with Crippen LogP contribution in [-0.4, -0.2) is 30.5 Å². The molecule has 94 valence electrons. The molecule has 5 heteroatoms. The van der Waals surface area contributed by atoms with Crippen LogP contribution in [0.5, 0.6) is 5.75 Å². The molecule has 3 nitrogen and oxygen atoms in total. The number of ether oxygens (including phenoxy) is 1. The molecule has 0 saturated heterocycles. The van der Waals surface area contributed by atoms with E-state index in [1.165, 1.54) is 11.0 Å². The summed E-state index contributed by atoms with van der Waals surface area (Å²) in [6.45, 7) is 2.68. The number of likely N-dealkylation sites (N-methyl/N-ethyl adjacent to an activating group) is 1. The first-order chi connectivity index (χ1) is 8.04. The van der Waals surface area contributed by atoms with Gasteiger partial charge in [-0.05, 0) is 42.6 Å². The van der Waals surface area contributed by atoms with E-state index < -0.39 is 5.37 Å². The molecule has 17 heavy (non-hydrogen) atoms. The Morgan fingerprint density at radius 1 is 1.53 bits per heavy atom. The molecule has 0 atom stereocenters. The van der Waals surface area contributed by atoms with Crippen molar-refractivity contribution in [2.75, 3.05) is 20.2 Å². The summed E-state index contributed by atoms with van der Waals surface area (Å²) >= 11 is 5.29. The highest BCUT2D eigenvalue weighted by atomic mass is 35.5. The van der Waals surface area contributed by atoms with Crippen LogP contribution in [0.25, 0.3) is 0 Å². The van der Waals surface area contributed by atoms with E-state index >= 15 is 0 Å². The number of hydrogen-bond acceptors (Lipinski definition) is 2. The molecule has 1 aromatic rings. The first-order valence-electron chi connectivity index (χ1n) is 5.36. The molecule has 1 aromatic carbocycles. The molecule has 1 amide bonds. The molecule has 0 bridgehead atoms. The molecule has 0 fully saturated rings. The number of nitrogens with zero attached hydrogens (tertiary/aromatic N) is 1. The second-order valence-corrected chi connectivity index (χ2v) is 3.95. The Bertz CT molecular complexity index is 398. The molecule has 0 unspecified atom stereocenters. The van der Waals surface area contributed by atoms with Gasteiger partial charge in [-0.3, -0.25) is 4.79 Å². The average molecular weight is 260 g/mol. The summed E-state index contributed by atoms with van der Waals surface area (Å²) in [5.41, 5.74) is 0.802. The molecular weight excluding hydrogens is 245 g/mol. The molecule has 0 spiro atoms. The van der Waals surface area contributed by atoms with Crippen LogP contribution >= 0.6 is 11.6 Å². The van der Waals surface area contributed by atoms with Crippen molar-refractivity contribution in [1.82, 2.24) is 4.90 Å². The lowest BCUT2D eigenvalue weighted by molar-refractivity contribution is 0.232. The van der Waals surface area contributed by atoms with Gasteiger partial charge in [-0.15, -0.1) is 0 Å². The van der Waals surface area contributed by atoms with Gasteiger partial charge in [-0.2, -0.15) is 0 Å². The Labute approximate surface area is 105 Å². The third-order valence-electron chi connectivity index (χ3n) is 2.33. The zero-order valence-electron chi connectivity index (χ0n) is 9.87. The molecule has 0 saturated carbocycles. The zero-order chi connectivity index (χ0) is 12.8. The maximum absolute atomic E-state index is 13.5. The lowest BCUT2D eigenvalue weighted by Crippen LogP contribution is -2.23. The summed E-state index contributed by atoms with van der Waals surface area (Å²) in [5, 5.41) is -0.517. The highest BCUT2D eigenvalue weighted by Gasteiger charge is 2.07. The standard InChI is InChI=1S/C12H15ClFNO2/c1-3-17-11-5-4-9(8-10(11)14)6-7-15(2)12(13)16/h4-5,8H,3,6-7H2,1-2H3. The SMILES string of the molecule is CCOc1ccc(CCN(C)C(=O)Cl)cc1F. The fourth-order valence-corrected chi connectivity index (χ4v) is 1.44. The maximum Gasteiger partial charge on any atom is 0.316 e. The van der Waals surface area contributed by atoms with Crippen LogP contribution < -0.4 is 4.74 Å². The first kappa shape index (κ1) is 13.8. The topological polar surface area (TPSA) is 29.5 Å². The van der Waals surface area contributed by atoms with Crippen LogP contribution in [-0.2, 0) is 6.42 Å². The van der Waals surface area contributed by atoms with Gasteiger partial charge in [0.1, 0.15) is 0 Å². The van der Waals surface area contributed by atoms with Gasteiger partial charge in [0.05, 0.1) is 6.61 Å². The van der Waals surface area contributed by atoms with Gasteiger partial charge in [0.2, 0.25) is 0 Å². The van der Waals surface area contributed by atoms with Gasteiger partial charge in [-0.1, -0.05) is 6.07 Å². The van der Waals surface area contributed by atoms with Crippen molar-refractivity contribution in [2.45, 2.75) is 13.3 Å². The summed E-state index contributed by atoms with van der Waals surface area (Å²) in [6, 6.07) is 4.79. The van der Waals surface area contributed by atoms with Crippen LogP contribution in [0.4, 0.5) is 9.18 Å². The number of halogens is 2. The number of carbonyl (C=O) groups excluding carboxylic acids is 1. The predicted molar refractivity (Wildman–Crippen MR) is 65.2 cm³/mol. The molecule has 0 aromatic heterocycles. The number of benzene rings is 1. The minimum absolute atomic E-state index is 0.248. The molecule has 0 N–H and O–H groups in total. The fraction of sp³-hybridized carbons (Fsp3) is 0.417. The van der Waals surface area contributed by atoms with Crippen molar-refractivity contribution in [1.29, 1.82) is 0 Å². The second kappa shape index (κ2) is 6.45. The summed E-state index contributed by atoms with van der Waals surface area (Å²) < 4.78 is 18.6. The Morgan fingerprint density at radius 3 is 2.76 bits per heavy atom. The third kappa shape index (κ3) is 4.23. The molecular formula is C12H15ClFNO2. The van der Waals surface area contributed by atoms with Gasteiger partial charge in [0.25, 0.3) is 0 Å². The predicted octanol–water partition coefficient (Wildman–Crippen LogP) is 3.06. The quantitative estimate of drug-likeness (QED) is 0.601. The number of rotatable bonds is 5. The van der Waals surface area contributed by atoms with Gasteiger partial charge in [0.15, 0.2) is 11.6 Å². The Morgan fingerprint density at radius 2 is 2.24 bits per heavy atom. The smallest absolute Gasteiger partial charge is 0.316 e. The van der Waals surface area contributed by atoms with E-state index in [9.17, 15) is 9.18 Å². The van der Waals surface area contributed by atoms with Crippen molar-refractivity contribution >= 4 is 17.0 Å². The minimum atomic E-state index is -0.517. The summed E-state index contributed by atoms with van der Waals surface area (Å²) in [7, 11) is 1.60. The molecule has 0 aliphatic carbocycles. The largest absolute Gasteiger partial charge is 0.491 e. The van der Waals surface area contributed by atoms with E-state index in [1.54, 1.807) is 26.1 Å². The molecule has 0 heterocycles. The highest BCUT2D eigenvalue weighted by Crippen LogP contribution is 2.18. The van der Waals surface area contributed by atoms with E-state index in [2.05, 4.69) is 0 Å². The van der Waals surface area contributed by atoms with Crippen molar-refractivity contribution in [3.05, 3.63) is 29.6 Å². The second-order valence-electron chi connectivity index (χ2n) is 3.62. The van der Waals surface area contributed by atoms with Gasteiger partial charge >= 0.3 is 5.37 Å². The minimum Gasteiger partial charge on any atom is -0.491 e. The molecule has 0 aliphatic heterocycles. The first-order valence-corrected chi connectivity index (χ1v) is 5.74. The van der Waals surface area contributed by atoms with E-state index in [4.69, 9.17) is 16.3 Å². The van der Waals surface area contributed by atoms with Crippen LogP contribution in [0, 0.1) is 5.82 Å². The van der Waals surface area contributed by atoms with Crippen molar-refractivity contribution in [2.24, 2.45) is 0 Å². The van der Waals surface area contributed by atoms with Crippen LogP contribution in [0.1, 0.15) is 12.5 Å². The van der Waals surface area contributed by atoms with Crippen LogP contribution in [0.2, 0.25) is 0 Å². The van der Waals surface area contributed by atoms with E-state index in [0.29, 0.717) is 19.6 Å². The summed E-state index contributed by atoms with van der Waals surface area (Å²) in [5.74, 6) is -0.137.